The maximum atomic E-state index is 12.8. The number of hydrogen-bond donors (Lipinski definition) is 0. The SMILES string of the molecule is Cc1nnc([C@@H]2COCCN2C(=O)c2cc(Cl)c(Cl)n2C)o1. The van der Waals surface area contributed by atoms with E-state index in [4.69, 9.17) is 32.4 Å². The molecule has 1 aliphatic heterocycles. The molecule has 0 aliphatic carbocycles. The van der Waals surface area contributed by atoms with Crippen LogP contribution in [0.5, 0.6) is 0 Å². The van der Waals surface area contributed by atoms with Gasteiger partial charge in [-0.2, -0.15) is 0 Å². The van der Waals surface area contributed by atoms with Gasteiger partial charge in [0.05, 0.1) is 18.2 Å². The molecule has 2 aromatic rings. The molecule has 118 valence electrons. The lowest BCUT2D eigenvalue weighted by Gasteiger charge is -2.33. The number of hydrogen-bond acceptors (Lipinski definition) is 5. The fourth-order valence-corrected chi connectivity index (χ4v) is 2.77. The summed E-state index contributed by atoms with van der Waals surface area (Å²) in [5.41, 5.74) is 0.401. The van der Waals surface area contributed by atoms with Crippen LogP contribution in [0.25, 0.3) is 0 Å². The zero-order chi connectivity index (χ0) is 15.9. The van der Waals surface area contributed by atoms with Crippen LogP contribution in [0.2, 0.25) is 10.2 Å². The smallest absolute Gasteiger partial charge is 0.271 e. The number of nitrogens with zero attached hydrogens (tertiary/aromatic N) is 4. The van der Waals surface area contributed by atoms with Gasteiger partial charge >= 0.3 is 0 Å². The summed E-state index contributed by atoms with van der Waals surface area (Å²) in [5.74, 6) is 0.593. The highest BCUT2D eigenvalue weighted by Crippen LogP contribution is 2.29. The summed E-state index contributed by atoms with van der Waals surface area (Å²) < 4.78 is 12.4. The van der Waals surface area contributed by atoms with Gasteiger partial charge in [-0.1, -0.05) is 23.2 Å². The van der Waals surface area contributed by atoms with E-state index in [0.717, 1.165) is 0 Å². The van der Waals surface area contributed by atoms with Crippen molar-refractivity contribution in [3.8, 4) is 0 Å². The maximum Gasteiger partial charge on any atom is 0.271 e. The Kier molecular flexibility index (Phi) is 4.12. The van der Waals surface area contributed by atoms with Gasteiger partial charge < -0.3 is 18.6 Å². The van der Waals surface area contributed by atoms with Crippen LogP contribution in [0.3, 0.4) is 0 Å². The number of ether oxygens (including phenoxy) is 1. The Bertz CT molecular complexity index is 712. The van der Waals surface area contributed by atoms with Crippen LogP contribution in [-0.4, -0.2) is 45.3 Å². The highest BCUT2D eigenvalue weighted by molar-refractivity contribution is 6.41. The zero-order valence-electron chi connectivity index (χ0n) is 12.0. The van der Waals surface area contributed by atoms with Crippen molar-refractivity contribution in [1.29, 1.82) is 0 Å². The predicted octanol–water partition coefficient (Wildman–Crippen LogP) is 2.24. The number of rotatable bonds is 2. The normalized spacial score (nSPS) is 18.7. The van der Waals surface area contributed by atoms with Gasteiger partial charge in [0.15, 0.2) is 0 Å². The van der Waals surface area contributed by atoms with E-state index in [2.05, 4.69) is 10.2 Å². The molecule has 1 amide bonds. The molecule has 0 N–H and O–H groups in total. The molecule has 22 heavy (non-hydrogen) atoms. The van der Waals surface area contributed by atoms with E-state index < -0.39 is 6.04 Å². The second kappa shape index (κ2) is 5.91. The van der Waals surface area contributed by atoms with Crippen molar-refractivity contribution in [3.05, 3.63) is 33.7 Å². The van der Waals surface area contributed by atoms with Crippen molar-refractivity contribution >= 4 is 29.1 Å². The Balaban J connectivity index is 1.93. The molecule has 2 aromatic heterocycles. The fraction of sp³-hybridized carbons (Fsp3) is 0.462. The highest BCUT2D eigenvalue weighted by Gasteiger charge is 2.34. The molecule has 1 aliphatic rings. The predicted molar refractivity (Wildman–Crippen MR) is 79.1 cm³/mol. The van der Waals surface area contributed by atoms with Crippen LogP contribution in [0.1, 0.15) is 28.3 Å². The lowest BCUT2D eigenvalue weighted by Crippen LogP contribution is -2.44. The first-order valence-electron chi connectivity index (χ1n) is 6.68. The van der Waals surface area contributed by atoms with Crippen molar-refractivity contribution in [2.75, 3.05) is 19.8 Å². The number of aryl methyl sites for hydroxylation is 1. The first kappa shape index (κ1) is 15.3. The van der Waals surface area contributed by atoms with Gasteiger partial charge in [0.2, 0.25) is 11.8 Å². The van der Waals surface area contributed by atoms with Crippen LogP contribution < -0.4 is 0 Å². The van der Waals surface area contributed by atoms with E-state index >= 15 is 0 Å². The third kappa shape index (κ3) is 2.60. The molecule has 9 heteroatoms. The molecule has 0 bridgehead atoms. The van der Waals surface area contributed by atoms with Gasteiger partial charge in [0, 0.05) is 20.5 Å². The van der Waals surface area contributed by atoms with Gasteiger partial charge in [0.25, 0.3) is 5.91 Å². The van der Waals surface area contributed by atoms with Gasteiger partial charge in [-0.15, -0.1) is 10.2 Å². The van der Waals surface area contributed by atoms with E-state index in [-0.39, 0.29) is 5.91 Å². The minimum absolute atomic E-state index is 0.208. The molecule has 7 nitrogen and oxygen atoms in total. The Morgan fingerprint density at radius 3 is 2.77 bits per heavy atom. The molecular formula is C13H14Cl2N4O3. The number of morpholine rings is 1. The number of aromatic nitrogens is 3. The maximum absolute atomic E-state index is 12.8. The van der Waals surface area contributed by atoms with Gasteiger partial charge in [0.1, 0.15) is 16.9 Å². The topological polar surface area (TPSA) is 73.4 Å². The standard InChI is InChI=1S/C13H14Cl2N4O3/c1-7-16-17-12(22-7)10-6-21-4-3-19(10)13(20)9-5-8(14)11(15)18(9)2/h5,10H,3-4,6H2,1-2H3/t10-/m0/s1. The number of carbonyl (C=O) groups excluding carboxylic acids is 1. The molecule has 1 atom stereocenters. The Labute approximate surface area is 136 Å². The molecule has 0 radical (unpaired) electrons. The molecule has 3 heterocycles. The summed E-state index contributed by atoms with van der Waals surface area (Å²) in [6, 6.07) is 1.13. The summed E-state index contributed by atoms with van der Waals surface area (Å²) in [5, 5.41) is 8.46. The summed E-state index contributed by atoms with van der Waals surface area (Å²) >= 11 is 12.0. The second-order valence-electron chi connectivity index (χ2n) is 4.98. The average molecular weight is 345 g/mol. The van der Waals surface area contributed by atoms with Crippen molar-refractivity contribution in [1.82, 2.24) is 19.7 Å². The quantitative estimate of drug-likeness (QED) is 0.835. The number of amides is 1. The van der Waals surface area contributed by atoms with E-state index in [0.29, 0.717) is 47.4 Å². The minimum atomic E-state index is -0.421. The minimum Gasteiger partial charge on any atom is -0.423 e. The lowest BCUT2D eigenvalue weighted by atomic mass is 10.2. The zero-order valence-corrected chi connectivity index (χ0v) is 13.6. The Morgan fingerprint density at radius 2 is 2.18 bits per heavy atom. The number of halogens is 2. The fourth-order valence-electron chi connectivity index (χ4n) is 2.39. The first-order valence-corrected chi connectivity index (χ1v) is 7.44. The van der Waals surface area contributed by atoms with Crippen molar-refractivity contribution in [3.63, 3.8) is 0 Å². The van der Waals surface area contributed by atoms with Gasteiger partial charge in [-0.05, 0) is 6.07 Å². The van der Waals surface area contributed by atoms with Gasteiger partial charge in [-0.25, -0.2) is 0 Å². The summed E-state index contributed by atoms with van der Waals surface area (Å²) in [4.78, 5) is 14.5. The van der Waals surface area contributed by atoms with Crippen molar-refractivity contribution in [2.45, 2.75) is 13.0 Å². The van der Waals surface area contributed by atoms with E-state index in [1.807, 2.05) is 0 Å². The molecular weight excluding hydrogens is 331 g/mol. The summed E-state index contributed by atoms with van der Waals surface area (Å²) in [6.07, 6.45) is 0. The first-order chi connectivity index (χ1) is 10.5. The third-order valence-corrected chi connectivity index (χ3v) is 4.39. The summed E-state index contributed by atoms with van der Waals surface area (Å²) in [7, 11) is 1.69. The van der Waals surface area contributed by atoms with Crippen molar-refractivity contribution < 1.29 is 13.9 Å². The van der Waals surface area contributed by atoms with Crippen LogP contribution >= 0.6 is 23.2 Å². The molecule has 3 rings (SSSR count). The van der Waals surface area contributed by atoms with Crippen LogP contribution in [0.4, 0.5) is 0 Å². The largest absolute Gasteiger partial charge is 0.423 e. The van der Waals surface area contributed by atoms with E-state index in [9.17, 15) is 4.79 Å². The Hall–Kier alpha value is -1.57. The van der Waals surface area contributed by atoms with Crippen LogP contribution in [0.15, 0.2) is 10.5 Å². The number of carbonyl (C=O) groups is 1. The average Bonchev–Trinajstić information content (AvgIpc) is 3.06. The van der Waals surface area contributed by atoms with Gasteiger partial charge in [-0.3, -0.25) is 4.79 Å². The van der Waals surface area contributed by atoms with Crippen molar-refractivity contribution in [2.24, 2.45) is 7.05 Å². The highest BCUT2D eigenvalue weighted by atomic mass is 35.5. The molecule has 1 fully saturated rings. The van der Waals surface area contributed by atoms with E-state index in [1.165, 1.54) is 0 Å². The molecule has 1 saturated heterocycles. The third-order valence-electron chi connectivity index (χ3n) is 3.55. The second-order valence-corrected chi connectivity index (χ2v) is 5.74. The van der Waals surface area contributed by atoms with Crippen LogP contribution in [0, 0.1) is 6.92 Å². The lowest BCUT2D eigenvalue weighted by molar-refractivity contribution is -0.0111. The Morgan fingerprint density at radius 1 is 1.41 bits per heavy atom. The van der Waals surface area contributed by atoms with Crippen LogP contribution in [-0.2, 0) is 11.8 Å². The molecule has 0 saturated carbocycles. The summed E-state index contributed by atoms with van der Waals surface area (Å²) in [6.45, 7) is 2.87. The van der Waals surface area contributed by atoms with E-state index in [1.54, 1.807) is 29.5 Å². The molecule has 0 aromatic carbocycles. The molecule has 0 spiro atoms. The molecule has 0 unspecified atom stereocenters. The monoisotopic (exact) mass is 344 g/mol.